The van der Waals surface area contributed by atoms with Gasteiger partial charge in [-0.25, -0.2) is 4.39 Å². The van der Waals surface area contributed by atoms with E-state index in [4.69, 9.17) is 0 Å². The summed E-state index contributed by atoms with van der Waals surface area (Å²) in [4.78, 5) is 14.4. The number of rotatable bonds is 5. The van der Waals surface area contributed by atoms with Gasteiger partial charge in [0.2, 0.25) is 0 Å². The maximum absolute atomic E-state index is 12.9. The minimum Gasteiger partial charge on any atom is -0.406 e. The molecule has 0 aromatic heterocycles. The zero-order chi connectivity index (χ0) is 20.1. The Morgan fingerprint density at radius 3 is 2.21 bits per heavy atom. The summed E-state index contributed by atoms with van der Waals surface area (Å²) in [6.45, 7) is 2.13. The summed E-state index contributed by atoms with van der Waals surface area (Å²) in [5, 5.41) is 2.96. The van der Waals surface area contributed by atoms with Crippen LogP contribution in [0.3, 0.4) is 0 Å². The topological polar surface area (TPSA) is 41.6 Å². The van der Waals surface area contributed by atoms with Crippen LogP contribution in [0.2, 0.25) is 0 Å². The van der Waals surface area contributed by atoms with Crippen molar-refractivity contribution < 1.29 is 27.1 Å². The van der Waals surface area contributed by atoms with Crippen LogP contribution >= 0.6 is 0 Å². The maximum Gasteiger partial charge on any atom is 0.573 e. The predicted molar refractivity (Wildman–Crippen MR) is 95.3 cm³/mol. The van der Waals surface area contributed by atoms with Crippen molar-refractivity contribution in [2.45, 2.75) is 31.8 Å². The van der Waals surface area contributed by atoms with Gasteiger partial charge in [0.25, 0.3) is 5.91 Å². The molecule has 1 amide bonds. The van der Waals surface area contributed by atoms with Crippen molar-refractivity contribution in [3.05, 3.63) is 65.5 Å². The first-order valence-electron chi connectivity index (χ1n) is 8.92. The molecule has 2 aromatic carbocycles. The first-order valence-corrected chi connectivity index (χ1v) is 8.92. The first-order chi connectivity index (χ1) is 13.3. The third kappa shape index (κ3) is 5.95. The number of hydrogen-bond donors (Lipinski definition) is 1. The Kier molecular flexibility index (Phi) is 6.18. The van der Waals surface area contributed by atoms with Crippen LogP contribution in [-0.4, -0.2) is 36.3 Å². The summed E-state index contributed by atoms with van der Waals surface area (Å²) in [6, 6.07) is 11.3. The lowest BCUT2D eigenvalue weighted by Crippen LogP contribution is -2.44. The average molecular weight is 396 g/mol. The summed E-state index contributed by atoms with van der Waals surface area (Å²) in [5.41, 5.74) is 1.31. The third-order valence-electron chi connectivity index (χ3n) is 4.59. The Bertz CT molecular complexity index is 783. The molecule has 1 aliphatic heterocycles. The molecule has 4 nitrogen and oxygen atoms in total. The molecule has 0 atom stereocenters. The molecule has 150 valence electrons. The van der Waals surface area contributed by atoms with Gasteiger partial charge < -0.3 is 10.1 Å². The lowest BCUT2D eigenvalue weighted by molar-refractivity contribution is -0.274. The van der Waals surface area contributed by atoms with E-state index in [1.807, 2.05) is 0 Å². The van der Waals surface area contributed by atoms with E-state index in [2.05, 4.69) is 15.0 Å². The van der Waals surface area contributed by atoms with Crippen molar-refractivity contribution >= 4 is 5.91 Å². The van der Waals surface area contributed by atoms with E-state index in [0.29, 0.717) is 12.1 Å². The van der Waals surface area contributed by atoms with E-state index in [-0.39, 0.29) is 23.5 Å². The highest BCUT2D eigenvalue weighted by Gasteiger charge is 2.31. The van der Waals surface area contributed by atoms with Crippen LogP contribution in [0.4, 0.5) is 17.6 Å². The summed E-state index contributed by atoms with van der Waals surface area (Å²) >= 11 is 0. The molecule has 2 aromatic rings. The molecule has 28 heavy (non-hydrogen) atoms. The number of nitrogens with zero attached hydrogens (tertiary/aromatic N) is 1. The molecule has 1 N–H and O–H groups in total. The normalized spacial score (nSPS) is 16.0. The van der Waals surface area contributed by atoms with Crippen LogP contribution in [0.5, 0.6) is 5.75 Å². The van der Waals surface area contributed by atoms with Gasteiger partial charge in [0.1, 0.15) is 11.6 Å². The highest BCUT2D eigenvalue weighted by Crippen LogP contribution is 2.23. The second-order valence-electron chi connectivity index (χ2n) is 6.72. The van der Waals surface area contributed by atoms with Crippen molar-refractivity contribution in [3.8, 4) is 5.75 Å². The lowest BCUT2D eigenvalue weighted by Gasteiger charge is -2.32. The Hall–Kier alpha value is -2.61. The molecule has 3 rings (SSSR count). The fourth-order valence-electron chi connectivity index (χ4n) is 3.16. The van der Waals surface area contributed by atoms with E-state index >= 15 is 0 Å². The maximum atomic E-state index is 12.9. The van der Waals surface area contributed by atoms with Crippen molar-refractivity contribution in [2.24, 2.45) is 0 Å². The van der Waals surface area contributed by atoms with Gasteiger partial charge in [-0.15, -0.1) is 13.2 Å². The van der Waals surface area contributed by atoms with Gasteiger partial charge in [0.05, 0.1) is 0 Å². The van der Waals surface area contributed by atoms with E-state index in [9.17, 15) is 22.4 Å². The Morgan fingerprint density at radius 1 is 1.04 bits per heavy atom. The number of carbonyl (C=O) groups is 1. The molecule has 8 heteroatoms. The van der Waals surface area contributed by atoms with Gasteiger partial charge in [-0.2, -0.15) is 0 Å². The van der Waals surface area contributed by atoms with E-state index in [1.54, 1.807) is 12.1 Å². The fraction of sp³-hybridized carbons (Fsp3) is 0.350. The molecule has 0 unspecified atom stereocenters. The molecule has 0 bridgehead atoms. The van der Waals surface area contributed by atoms with Gasteiger partial charge in [-0.3, -0.25) is 9.69 Å². The molecular weight excluding hydrogens is 376 g/mol. The number of likely N-dealkylation sites (tertiary alicyclic amines) is 1. The van der Waals surface area contributed by atoms with Crippen LogP contribution in [0.25, 0.3) is 0 Å². The molecule has 1 heterocycles. The Balaban J connectivity index is 1.45. The molecule has 0 radical (unpaired) electrons. The molecule has 1 aliphatic rings. The van der Waals surface area contributed by atoms with Gasteiger partial charge in [0, 0.05) is 31.2 Å². The predicted octanol–water partition coefficient (Wildman–Crippen LogP) is 4.12. The number of halogens is 4. The number of benzene rings is 2. The van der Waals surface area contributed by atoms with E-state index in [1.165, 1.54) is 36.4 Å². The van der Waals surface area contributed by atoms with Crippen LogP contribution in [-0.2, 0) is 6.54 Å². The number of ether oxygens (including phenoxy) is 1. The third-order valence-corrected chi connectivity index (χ3v) is 4.59. The van der Waals surface area contributed by atoms with Crippen LogP contribution in [0.15, 0.2) is 48.5 Å². The second kappa shape index (κ2) is 8.60. The molecule has 0 saturated carbocycles. The van der Waals surface area contributed by atoms with Crippen molar-refractivity contribution in [1.29, 1.82) is 0 Å². The summed E-state index contributed by atoms with van der Waals surface area (Å²) < 4.78 is 53.4. The van der Waals surface area contributed by atoms with Gasteiger partial charge in [0.15, 0.2) is 0 Å². The molecule has 1 saturated heterocycles. The zero-order valence-electron chi connectivity index (χ0n) is 15.0. The second-order valence-corrected chi connectivity index (χ2v) is 6.72. The minimum atomic E-state index is -4.69. The smallest absolute Gasteiger partial charge is 0.406 e. The minimum absolute atomic E-state index is 0.0383. The molecule has 1 fully saturated rings. The molecule has 0 spiro atoms. The summed E-state index contributed by atoms with van der Waals surface area (Å²) in [5.74, 6) is -0.847. The van der Waals surface area contributed by atoms with Crippen LogP contribution < -0.4 is 10.1 Å². The van der Waals surface area contributed by atoms with Crippen molar-refractivity contribution in [3.63, 3.8) is 0 Å². The number of alkyl halides is 3. The van der Waals surface area contributed by atoms with E-state index < -0.39 is 6.36 Å². The highest BCUT2D eigenvalue weighted by molar-refractivity contribution is 5.94. The van der Waals surface area contributed by atoms with Crippen molar-refractivity contribution in [1.82, 2.24) is 10.2 Å². The molecule has 0 aliphatic carbocycles. The van der Waals surface area contributed by atoms with Gasteiger partial charge in [-0.1, -0.05) is 12.1 Å². The first kappa shape index (κ1) is 20.1. The molecular formula is C20H20F4N2O2. The summed E-state index contributed by atoms with van der Waals surface area (Å²) in [6.07, 6.45) is -3.16. The van der Waals surface area contributed by atoms with E-state index in [0.717, 1.165) is 31.5 Å². The monoisotopic (exact) mass is 396 g/mol. The largest absolute Gasteiger partial charge is 0.573 e. The van der Waals surface area contributed by atoms with Gasteiger partial charge in [-0.05, 0) is 54.8 Å². The summed E-state index contributed by atoms with van der Waals surface area (Å²) in [7, 11) is 0. The number of amides is 1. The average Bonchev–Trinajstić information content (AvgIpc) is 2.64. The quantitative estimate of drug-likeness (QED) is 0.774. The lowest BCUT2D eigenvalue weighted by atomic mass is 10.0. The van der Waals surface area contributed by atoms with Crippen LogP contribution in [0.1, 0.15) is 28.8 Å². The fourth-order valence-corrected chi connectivity index (χ4v) is 3.16. The van der Waals surface area contributed by atoms with Crippen molar-refractivity contribution in [2.75, 3.05) is 13.1 Å². The number of carbonyl (C=O) groups excluding carboxylic acids is 1. The standard InChI is InChI=1S/C20H20F4N2O2/c21-16-5-3-15(4-6-16)19(27)25-17-9-11-26(12-10-17)13-14-1-7-18(8-2-14)28-20(22,23)24/h1-8,17H,9-13H2,(H,25,27). The van der Waals surface area contributed by atoms with Crippen LogP contribution in [0, 0.1) is 5.82 Å². The zero-order valence-corrected chi connectivity index (χ0v) is 15.0. The number of piperidine rings is 1. The number of hydrogen-bond acceptors (Lipinski definition) is 3. The Morgan fingerprint density at radius 2 is 1.64 bits per heavy atom. The Labute approximate surface area is 160 Å². The SMILES string of the molecule is O=C(NC1CCN(Cc2ccc(OC(F)(F)F)cc2)CC1)c1ccc(F)cc1. The number of nitrogens with one attached hydrogen (secondary N) is 1. The highest BCUT2D eigenvalue weighted by atomic mass is 19.4. The van der Waals surface area contributed by atoms with Gasteiger partial charge >= 0.3 is 6.36 Å².